The molecule has 3 heteroatoms. The van der Waals surface area contributed by atoms with E-state index in [9.17, 15) is 0 Å². The van der Waals surface area contributed by atoms with Crippen molar-refractivity contribution in [2.45, 2.75) is 25.4 Å². The van der Waals surface area contributed by atoms with Gasteiger partial charge in [-0.05, 0) is 11.1 Å². The first kappa shape index (κ1) is 17.3. The predicted octanol–water partition coefficient (Wildman–Crippen LogP) is 6.16. The molecule has 20 heavy (non-hydrogen) atoms. The van der Waals surface area contributed by atoms with Crippen LogP contribution in [0.15, 0.2) is 60.7 Å². The van der Waals surface area contributed by atoms with Gasteiger partial charge in [0, 0.05) is 11.5 Å². The van der Waals surface area contributed by atoms with Crippen LogP contribution in [0.2, 0.25) is 0 Å². The second-order valence-electron chi connectivity index (χ2n) is 3.80. The van der Waals surface area contributed by atoms with Crippen molar-refractivity contribution < 1.29 is 0 Å². The lowest BCUT2D eigenvalue weighted by atomic mass is 10.2. The molecule has 0 N–H and O–H groups in total. The Morgan fingerprint density at radius 1 is 0.750 bits per heavy atom. The van der Waals surface area contributed by atoms with E-state index in [0.717, 1.165) is 15.0 Å². The Morgan fingerprint density at radius 2 is 1.10 bits per heavy atom. The van der Waals surface area contributed by atoms with Gasteiger partial charge in [0.15, 0.2) is 0 Å². The maximum Gasteiger partial charge on any atom is 0.104 e. The first-order valence-corrected chi connectivity index (χ1v) is 9.10. The summed E-state index contributed by atoms with van der Waals surface area (Å²) in [6, 6.07) is 20.9. The van der Waals surface area contributed by atoms with Crippen molar-refractivity contribution >= 4 is 39.3 Å². The summed E-state index contributed by atoms with van der Waals surface area (Å²) < 4.78 is 1.02. The molecular weight excluding hydrogens is 300 g/mol. The molecule has 0 aliphatic heterocycles. The third-order valence-electron chi connectivity index (χ3n) is 2.40. The van der Waals surface area contributed by atoms with Gasteiger partial charge in [-0.25, -0.2) is 0 Å². The number of thioether (sulfide) groups is 2. The summed E-state index contributed by atoms with van der Waals surface area (Å²) in [5, 5.41) is 0. The van der Waals surface area contributed by atoms with E-state index < -0.39 is 0 Å². The Labute approximate surface area is 136 Å². The number of benzene rings is 2. The lowest BCUT2D eigenvalue weighted by Gasteiger charge is -2.04. The highest BCUT2D eigenvalue weighted by Gasteiger charge is 2.01. The maximum absolute atomic E-state index is 5.38. The normalized spacial score (nSPS) is 9.50. The van der Waals surface area contributed by atoms with Crippen LogP contribution in [0.4, 0.5) is 0 Å². The van der Waals surface area contributed by atoms with E-state index in [1.165, 1.54) is 11.1 Å². The molecule has 0 aliphatic rings. The molecule has 0 saturated carbocycles. The molecule has 2 rings (SSSR count). The zero-order valence-electron chi connectivity index (χ0n) is 11.9. The van der Waals surface area contributed by atoms with Crippen LogP contribution in [0.3, 0.4) is 0 Å². The summed E-state index contributed by atoms with van der Waals surface area (Å²) in [6.45, 7) is 4.00. The zero-order valence-corrected chi connectivity index (χ0v) is 14.4. The van der Waals surface area contributed by atoms with Gasteiger partial charge in [-0.15, -0.1) is 23.5 Å². The van der Waals surface area contributed by atoms with Crippen molar-refractivity contribution in [3.8, 4) is 0 Å². The van der Waals surface area contributed by atoms with Gasteiger partial charge in [0.25, 0.3) is 0 Å². The molecule has 106 valence electrons. The highest BCUT2D eigenvalue weighted by Crippen LogP contribution is 2.24. The van der Waals surface area contributed by atoms with Crippen LogP contribution < -0.4 is 0 Å². The molecular formula is C17H20S3. The van der Waals surface area contributed by atoms with Gasteiger partial charge >= 0.3 is 0 Å². The fourth-order valence-corrected chi connectivity index (χ4v) is 3.47. The van der Waals surface area contributed by atoms with Crippen molar-refractivity contribution in [1.82, 2.24) is 0 Å². The summed E-state index contributed by atoms with van der Waals surface area (Å²) in [6.07, 6.45) is 0. The Balaban J connectivity index is 0.000000956. The quantitative estimate of drug-likeness (QED) is 0.619. The number of thiocarbonyl (C=S) groups is 1. The smallest absolute Gasteiger partial charge is 0.103 e. The van der Waals surface area contributed by atoms with Crippen molar-refractivity contribution in [1.29, 1.82) is 0 Å². The topological polar surface area (TPSA) is 0 Å². The van der Waals surface area contributed by atoms with Crippen LogP contribution in [-0.2, 0) is 11.5 Å². The van der Waals surface area contributed by atoms with Crippen LogP contribution in [0.5, 0.6) is 0 Å². The van der Waals surface area contributed by atoms with Crippen LogP contribution in [-0.4, -0.2) is 3.53 Å². The Morgan fingerprint density at radius 3 is 1.45 bits per heavy atom. The number of rotatable bonds is 4. The molecule has 0 aliphatic carbocycles. The Bertz CT molecular complexity index is 435. The zero-order chi connectivity index (χ0) is 14.6. The van der Waals surface area contributed by atoms with Crippen molar-refractivity contribution in [2.24, 2.45) is 0 Å². The van der Waals surface area contributed by atoms with Crippen molar-refractivity contribution in [2.75, 3.05) is 0 Å². The monoisotopic (exact) mass is 320 g/mol. The summed E-state index contributed by atoms with van der Waals surface area (Å²) in [4.78, 5) is 0. The third-order valence-corrected chi connectivity index (χ3v) is 5.24. The molecule has 0 spiro atoms. The minimum Gasteiger partial charge on any atom is -0.103 e. The van der Waals surface area contributed by atoms with Crippen LogP contribution >= 0.6 is 35.7 Å². The SMILES string of the molecule is CC.S=C(SCc1ccccc1)SCc1ccccc1. The molecule has 0 amide bonds. The molecule has 0 unspecified atom stereocenters. The fourth-order valence-electron chi connectivity index (χ4n) is 1.47. The molecule has 0 saturated heterocycles. The third kappa shape index (κ3) is 7.13. The minimum atomic E-state index is 0.960. The second-order valence-corrected chi connectivity index (χ2v) is 6.95. The molecule has 0 radical (unpaired) electrons. The number of hydrogen-bond acceptors (Lipinski definition) is 3. The molecule has 0 heterocycles. The van der Waals surface area contributed by atoms with E-state index in [1.807, 2.05) is 26.0 Å². The minimum absolute atomic E-state index is 0.960. The largest absolute Gasteiger partial charge is 0.104 e. The standard InChI is InChI=1S/C15H14S3.C2H6/c16-15(17-11-13-7-3-1-4-8-13)18-12-14-9-5-2-6-10-14;1-2/h1-10H,11-12H2;1-2H3. The maximum atomic E-state index is 5.38. The van der Waals surface area contributed by atoms with Crippen LogP contribution in [0, 0.1) is 0 Å². The summed E-state index contributed by atoms with van der Waals surface area (Å²) in [5.74, 6) is 1.92. The van der Waals surface area contributed by atoms with Gasteiger partial charge in [0.1, 0.15) is 3.53 Å². The van der Waals surface area contributed by atoms with Gasteiger partial charge < -0.3 is 0 Å². The molecule has 0 bridgehead atoms. The van der Waals surface area contributed by atoms with Crippen LogP contribution in [0.1, 0.15) is 25.0 Å². The molecule has 2 aromatic rings. The van der Waals surface area contributed by atoms with E-state index in [1.54, 1.807) is 23.5 Å². The summed E-state index contributed by atoms with van der Waals surface area (Å²) in [5.41, 5.74) is 2.65. The summed E-state index contributed by atoms with van der Waals surface area (Å²) in [7, 11) is 0. The molecule has 0 atom stereocenters. The summed E-state index contributed by atoms with van der Waals surface area (Å²) >= 11 is 8.86. The van der Waals surface area contributed by atoms with Crippen LogP contribution in [0.25, 0.3) is 0 Å². The van der Waals surface area contributed by atoms with E-state index >= 15 is 0 Å². The van der Waals surface area contributed by atoms with Gasteiger partial charge in [-0.3, -0.25) is 0 Å². The average Bonchev–Trinajstić information content (AvgIpc) is 2.55. The van der Waals surface area contributed by atoms with E-state index in [4.69, 9.17) is 12.2 Å². The molecule has 2 aromatic carbocycles. The van der Waals surface area contributed by atoms with Gasteiger partial charge in [0.2, 0.25) is 0 Å². The van der Waals surface area contributed by atoms with E-state index in [0.29, 0.717) is 0 Å². The first-order valence-electron chi connectivity index (χ1n) is 6.72. The number of hydrogen-bond donors (Lipinski definition) is 0. The highest BCUT2D eigenvalue weighted by molar-refractivity contribution is 8.46. The average molecular weight is 321 g/mol. The van der Waals surface area contributed by atoms with Gasteiger partial charge in [0.05, 0.1) is 0 Å². The van der Waals surface area contributed by atoms with Gasteiger partial charge in [-0.2, -0.15) is 0 Å². The Kier molecular flexibility index (Phi) is 9.46. The van der Waals surface area contributed by atoms with Gasteiger partial charge in [-0.1, -0.05) is 86.7 Å². The fraction of sp³-hybridized carbons (Fsp3) is 0.235. The second kappa shape index (κ2) is 11.0. The predicted molar refractivity (Wildman–Crippen MR) is 99.4 cm³/mol. The molecule has 0 fully saturated rings. The Hall–Kier alpha value is -0.770. The highest BCUT2D eigenvalue weighted by atomic mass is 32.2. The van der Waals surface area contributed by atoms with E-state index in [-0.39, 0.29) is 0 Å². The lowest BCUT2D eigenvalue weighted by molar-refractivity contribution is 1.42. The first-order chi connectivity index (χ1) is 9.84. The van der Waals surface area contributed by atoms with Crippen molar-refractivity contribution in [3.63, 3.8) is 0 Å². The lowest BCUT2D eigenvalue weighted by Crippen LogP contribution is -1.86. The van der Waals surface area contributed by atoms with E-state index in [2.05, 4.69) is 48.5 Å². The van der Waals surface area contributed by atoms with Crippen molar-refractivity contribution in [3.05, 3.63) is 71.8 Å². The molecule has 0 nitrogen and oxygen atoms in total. The molecule has 0 aromatic heterocycles.